The monoisotopic (exact) mass is 283 g/mol. The molecule has 2 amide bonds. The van der Waals surface area contributed by atoms with Crippen molar-refractivity contribution in [1.29, 1.82) is 0 Å². The van der Waals surface area contributed by atoms with Gasteiger partial charge in [0.15, 0.2) is 0 Å². The minimum atomic E-state index is -0.352. The van der Waals surface area contributed by atoms with E-state index in [1.165, 1.54) is 0 Å². The number of nitrogens with one attached hydrogen (secondary N) is 1. The van der Waals surface area contributed by atoms with E-state index in [2.05, 4.69) is 10.4 Å². The van der Waals surface area contributed by atoms with Gasteiger partial charge in [-0.05, 0) is 18.6 Å². The number of fused-ring (bicyclic) bond motifs is 3. The first kappa shape index (κ1) is 12.1. The van der Waals surface area contributed by atoms with Crippen LogP contribution in [0.3, 0.4) is 0 Å². The van der Waals surface area contributed by atoms with Crippen molar-refractivity contribution < 1.29 is 14.0 Å². The smallest absolute Gasteiger partial charge is 0.234 e. The third-order valence-electron chi connectivity index (χ3n) is 4.11. The van der Waals surface area contributed by atoms with E-state index in [4.69, 9.17) is 4.42 Å². The third kappa shape index (κ3) is 1.68. The molecule has 4 rings (SSSR count). The van der Waals surface area contributed by atoms with E-state index in [1.807, 2.05) is 19.2 Å². The van der Waals surface area contributed by atoms with E-state index in [-0.39, 0.29) is 17.7 Å². The lowest BCUT2D eigenvalue weighted by Gasteiger charge is -2.19. The van der Waals surface area contributed by atoms with Crippen molar-refractivity contribution in [2.45, 2.75) is 18.8 Å². The number of rotatable bonds is 1. The number of imide groups is 1. The largest absolute Gasteiger partial charge is 0.464 e. The number of nitrogens with zero attached hydrogens (tertiary/aromatic N) is 2. The predicted molar refractivity (Wildman–Crippen MR) is 75.6 cm³/mol. The highest BCUT2D eigenvalue weighted by Crippen LogP contribution is 2.36. The summed E-state index contributed by atoms with van der Waals surface area (Å²) in [7, 11) is 1.87. The standard InChI is InChI=1S/C15H13N3O3/c1-18-11-3-4-12-14(9(11)6-16-18)10(7-21-12)8-2-5-13(19)17-15(8)20/h3-4,6-8H,2,5H2,1H3,(H,17,19,20)/t8-/m1/s1. The summed E-state index contributed by atoms with van der Waals surface area (Å²) >= 11 is 0. The van der Waals surface area contributed by atoms with Crippen LogP contribution in [0, 0.1) is 0 Å². The number of aromatic nitrogens is 2. The molecule has 1 saturated heterocycles. The van der Waals surface area contributed by atoms with Gasteiger partial charge in [-0.1, -0.05) is 0 Å². The van der Waals surface area contributed by atoms with Gasteiger partial charge in [-0.3, -0.25) is 19.6 Å². The molecule has 3 aromatic rings. The lowest BCUT2D eigenvalue weighted by atomic mass is 9.89. The van der Waals surface area contributed by atoms with Gasteiger partial charge in [-0.25, -0.2) is 0 Å². The zero-order valence-electron chi connectivity index (χ0n) is 11.4. The summed E-state index contributed by atoms with van der Waals surface area (Å²) in [6.45, 7) is 0. The molecule has 0 unspecified atom stereocenters. The zero-order chi connectivity index (χ0) is 14.6. The molecule has 21 heavy (non-hydrogen) atoms. The zero-order valence-corrected chi connectivity index (χ0v) is 11.4. The Hall–Kier alpha value is -2.63. The topological polar surface area (TPSA) is 77.1 Å². The summed E-state index contributed by atoms with van der Waals surface area (Å²) in [4.78, 5) is 23.4. The SMILES string of the molecule is Cn1ncc2c3c([C@H]4CCC(=O)NC4=O)coc3ccc21. The summed E-state index contributed by atoms with van der Waals surface area (Å²) in [5.74, 6) is -0.819. The van der Waals surface area contributed by atoms with Crippen molar-refractivity contribution in [2.24, 2.45) is 7.05 Å². The Kier molecular flexibility index (Phi) is 2.42. The summed E-state index contributed by atoms with van der Waals surface area (Å²) in [6.07, 6.45) is 4.27. The second kappa shape index (κ2) is 4.18. The second-order valence-corrected chi connectivity index (χ2v) is 5.33. The highest BCUT2D eigenvalue weighted by atomic mass is 16.3. The number of hydrogen-bond donors (Lipinski definition) is 1. The number of benzene rings is 1. The van der Waals surface area contributed by atoms with Crippen LogP contribution in [0.5, 0.6) is 0 Å². The highest BCUT2D eigenvalue weighted by molar-refractivity contribution is 6.09. The predicted octanol–water partition coefficient (Wildman–Crippen LogP) is 1.84. The molecular weight excluding hydrogens is 270 g/mol. The molecule has 1 aliphatic rings. The van der Waals surface area contributed by atoms with Crippen molar-refractivity contribution in [3.63, 3.8) is 0 Å². The molecule has 1 aliphatic heterocycles. The first-order valence-corrected chi connectivity index (χ1v) is 6.80. The Morgan fingerprint density at radius 3 is 3.05 bits per heavy atom. The summed E-state index contributed by atoms with van der Waals surface area (Å²) in [5.41, 5.74) is 2.54. The number of aryl methyl sites for hydroxylation is 1. The molecule has 106 valence electrons. The minimum absolute atomic E-state index is 0.212. The fourth-order valence-electron chi connectivity index (χ4n) is 3.04. The summed E-state index contributed by atoms with van der Waals surface area (Å²) in [6, 6.07) is 3.83. The fraction of sp³-hybridized carbons (Fsp3) is 0.267. The van der Waals surface area contributed by atoms with E-state index in [9.17, 15) is 9.59 Å². The van der Waals surface area contributed by atoms with Crippen molar-refractivity contribution in [1.82, 2.24) is 15.1 Å². The molecule has 1 aromatic carbocycles. The molecule has 6 heteroatoms. The normalized spacial score (nSPS) is 19.4. The number of piperidine rings is 1. The lowest BCUT2D eigenvalue weighted by Crippen LogP contribution is -2.39. The average Bonchev–Trinajstić information content (AvgIpc) is 3.03. The highest BCUT2D eigenvalue weighted by Gasteiger charge is 2.31. The molecule has 1 fully saturated rings. The Morgan fingerprint density at radius 1 is 1.38 bits per heavy atom. The Balaban J connectivity index is 1.95. The first-order valence-electron chi connectivity index (χ1n) is 6.80. The number of carbonyl (C=O) groups is 2. The third-order valence-corrected chi connectivity index (χ3v) is 4.11. The molecule has 6 nitrogen and oxygen atoms in total. The first-order chi connectivity index (χ1) is 10.1. The quantitative estimate of drug-likeness (QED) is 0.691. The molecule has 1 N–H and O–H groups in total. The van der Waals surface area contributed by atoms with Crippen LogP contribution in [-0.4, -0.2) is 21.6 Å². The van der Waals surface area contributed by atoms with Gasteiger partial charge in [0.1, 0.15) is 5.58 Å². The molecule has 0 saturated carbocycles. The number of furan rings is 1. The van der Waals surface area contributed by atoms with Gasteiger partial charge in [0, 0.05) is 29.8 Å². The molecule has 0 spiro atoms. The van der Waals surface area contributed by atoms with Gasteiger partial charge >= 0.3 is 0 Å². The van der Waals surface area contributed by atoms with Gasteiger partial charge < -0.3 is 4.42 Å². The number of amides is 2. The maximum absolute atomic E-state index is 12.1. The van der Waals surface area contributed by atoms with Crippen LogP contribution in [0.25, 0.3) is 21.9 Å². The van der Waals surface area contributed by atoms with Crippen molar-refractivity contribution >= 4 is 33.7 Å². The average molecular weight is 283 g/mol. The molecule has 0 bridgehead atoms. The van der Waals surface area contributed by atoms with E-state index in [1.54, 1.807) is 17.1 Å². The minimum Gasteiger partial charge on any atom is -0.464 e. The Bertz CT molecular complexity index is 890. The van der Waals surface area contributed by atoms with Crippen LogP contribution in [0.4, 0.5) is 0 Å². The van der Waals surface area contributed by atoms with Gasteiger partial charge in [-0.2, -0.15) is 5.10 Å². The lowest BCUT2D eigenvalue weighted by molar-refractivity contribution is -0.134. The van der Waals surface area contributed by atoms with Crippen LogP contribution >= 0.6 is 0 Å². The van der Waals surface area contributed by atoms with Gasteiger partial charge in [-0.15, -0.1) is 0 Å². The van der Waals surface area contributed by atoms with Crippen LogP contribution in [-0.2, 0) is 16.6 Å². The van der Waals surface area contributed by atoms with E-state index in [0.717, 1.165) is 27.4 Å². The molecule has 1 atom stereocenters. The maximum Gasteiger partial charge on any atom is 0.234 e. The van der Waals surface area contributed by atoms with Crippen LogP contribution < -0.4 is 5.32 Å². The number of hydrogen-bond acceptors (Lipinski definition) is 4. The van der Waals surface area contributed by atoms with Gasteiger partial charge in [0.05, 0.1) is 23.9 Å². The summed E-state index contributed by atoms with van der Waals surface area (Å²) in [5, 5.41) is 8.53. The van der Waals surface area contributed by atoms with Crippen LogP contribution in [0.1, 0.15) is 24.3 Å². The Labute approximate surface area is 119 Å². The van der Waals surface area contributed by atoms with Crippen molar-refractivity contribution in [2.75, 3.05) is 0 Å². The summed E-state index contributed by atoms with van der Waals surface area (Å²) < 4.78 is 7.38. The second-order valence-electron chi connectivity index (χ2n) is 5.33. The van der Waals surface area contributed by atoms with Crippen molar-refractivity contribution in [3.05, 3.63) is 30.2 Å². The maximum atomic E-state index is 12.1. The Morgan fingerprint density at radius 2 is 2.24 bits per heavy atom. The van der Waals surface area contributed by atoms with E-state index < -0.39 is 0 Å². The number of carbonyl (C=O) groups excluding carboxylic acids is 2. The van der Waals surface area contributed by atoms with Gasteiger partial charge in [0.2, 0.25) is 11.8 Å². The van der Waals surface area contributed by atoms with Crippen LogP contribution in [0.15, 0.2) is 29.0 Å². The van der Waals surface area contributed by atoms with E-state index in [0.29, 0.717) is 12.8 Å². The fourth-order valence-corrected chi connectivity index (χ4v) is 3.04. The molecule has 0 aliphatic carbocycles. The van der Waals surface area contributed by atoms with Crippen LogP contribution in [0.2, 0.25) is 0 Å². The molecular formula is C15H13N3O3. The molecule has 2 aromatic heterocycles. The molecule has 0 radical (unpaired) electrons. The van der Waals surface area contributed by atoms with Gasteiger partial charge in [0.25, 0.3) is 0 Å². The molecule has 3 heterocycles. The van der Waals surface area contributed by atoms with E-state index >= 15 is 0 Å². The van der Waals surface area contributed by atoms with Crippen molar-refractivity contribution in [3.8, 4) is 0 Å².